The summed E-state index contributed by atoms with van der Waals surface area (Å²) in [5.74, 6) is 0.612. The van der Waals surface area contributed by atoms with E-state index < -0.39 is 6.17 Å². The summed E-state index contributed by atoms with van der Waals surface area (Å²) in [5.41, 5.74) is 0. The molecule has 2 aliphatic heterocycles. The van der Waals surface area contributed by atoms with E-state index >= 15 is 0 Å². The molecule has 0 aromatic carbocycles. The van der Waals surface area contributed by atoms with Gasteiger partial charge in [-0.2, -0.15) is 0 Å². The molecule has 0 aromatic rings. The molecule has 2 saturated heterocycles. The van der Waals surface area contributed by atoms with Crippen LogP contribution in [0, 0.1) is 11.8 Å². The van der Waals surface area contributed by atoms with Gasteiger partial charge in [-0.05, 0) is 50.9 Å². The molecular weight excluding hydrogens is 371 g/mol. The molecule has 2 N–H and O–H groups in total. The van der Waals surface area contributed by atoms with Crippen LogP contribution in [0.4, 0.5) is 4.39 Å². The highest BCUT2D eigenvalue weighted by Gasteiger charge is 2.46. The average molecular weight is 409 g/mol. The number of likely N-dealkylation sites (tertiary alicyclic amines) is 1. The fourth-order valence-electron chi connectivity index (χ4n) is 6.02. The number of nitrogens with one attached hydrogen (secondary N) is 2. The third-order valence-corrected chi connectivity index (χ3v) is 8.10. The highest BCUT2D eigenvalue weighted by molar-refractivity contribution is 5.82. The van der Waals surface area contributed by atoms with Gasteiger partial charge in [0, 0.05) is 51.1 Å². The predicted octanol–water partition coefficient (Wildman–Crippen LogP) is 1.69. The molecule has 29 heavy (non-hydrogen) atoms. The first-order valence-electron chi connectivity index (χ1n) is 11.5. The molecule has 0 spiro atoms. The van der Waals surface area contributed by atoms with Gasteiger partial charge in [0.25, 0.3) is 0 Å². The molecule has 5 unspecified atom stereocenters. The Morgan fingerprint density at radius 1 is 1.14 bits per heavy atom. The number of fused-ring (bicyclic) bond motifs is 1. The number of hydrogen-bond acceptors (Lipinski definition) is 4. The summed E-state index contributed by atoms with van der Waals surface area (Å²) in [4.78, 5) is 28.7. The topological polar surface area (TPSA) is 64.7 Å². The summed E-state index contributed by atoms with van der Waals surface area (Å²) in [7, 11) is 1.88. The molecular formula is C22H37FN4O2. The number of rotatable bonds is 4. The Balaban J connectivity index is 1.26. The Morgan fingerprint density at radius 3 is 2.59 bits per heavy atom. The van der Waals surface area contributed by atoms with Crippen molar-refractivity contribution in [3.8, 4) is 0 Å². The second-order valence-electron chi connectivity index (χ2n) is 9.98. The lowest BCUT2D eigenvalue weighted by Crippen LogP contribution is -2.63. The Hall–Kier alpha value is -1.21. The van der Waals surface area contributed by atoms with Crippen molar-refractivity contribution < 1.29 is 14.0 Å². The number of amides is 2. The van der Waals surface area contributed by atoms with Crippen LogP contribution >= 0.6 is 0 Å². The standard InChI is InChI=1S/C22H37FN4O2/c1-13-7-8-19(23)18-10-20(25-21(13)18)22(29)24-15-5-4-6-16(9-15)27-11-17(12-27)26(3)14(2)28/h13,15-21,25H,4-12H2,1-3H3,(H,24,29)/t13?,15-,16+,18?,19?,20?,21?/m1/s1. The fraction of sp³-hybridized carbons (Fsp3) is 0.909. The van der Waals surface area contributed by atoms with Gasteiger partial charge in [0.2, 0.25) is 11.8 Å². The summed E-state index contributed by atoms with van der Waals surface area (Å²) in [6.07, 6.45) is 5.68. The molecule has 7 heteroatoms. The average Bonchev–Trinajstić information content (AvgIpc) is 3.11. The quantitative estimate of drug-likeness (QED) is 0.743. The maximum absolute atomic E-state index is 14.3. The summed E-state index contributed by atoms with van der Waals surface area (Å²) in [6.45, 7) is 5.66. The van der Waals surface area contributed by atoms with Gasteiger partial charge < -0.3 is 15.5 Å². The first kappa shape index (κ1) is 21.0. The lowest BCUT2D eigenvalue weighted by atomic mass is 9.77. The maximum Gasteiger partial charge on any atom is 0.237 e. The Bertz CT molecular complexity index is 608. The molecule has 2 amide bonds. The molecule has 0 radical (unpaired) electrons. The van der Waals surface area contributed by atoms with Crippen molar-refractivity contribution in [1.82, 2.24) is 20.4 Å². The van der Waals surface area contributed by atoms with Gasteiger partial charge in [-0.15, -0.1) is 0 Å². The minimum absolute atomic E-state index is 0.00936. The van der Waals surface area contributed by atoms with E-state index in [4.69, 9.17) is 0 Å². The summed E-state index contributed by atoms with van der Waals surface area (Å²) in [5, 5.41) is 6.72. The van der Waals surface area contributed by atoms with Gasteiger partial charge in [-0.25, -0.2) is 4.39 Å². The van der Waals surface area contributed by atoms with Crippen molar-refractivity contribution in [2.45, 2.75) is 95.2 Å². The van der Waals surface area contributed by atoms with E-state index in [1.807, 2.05) is 11.9 Å². The highest BCUT2D eigenvalue weighted by Crippen LogP contribution is 2.38. The van der Waals surface area contributed by atoms with Crippen LogP contribution in [-0.4, -0.2) is 78.1 Å². The second kappa shape index (κ2) is 8.50. The van der Waals surface area contributed by atoms with Crippen LogP contribution in [0.1, 0.15) is 58.8 Å². The molecule has 0 bridgehead atoms. The van der Waals surface area contributed by atoms with E-state index in [0.717, 1.165) is 45.2 Å². The Kier molecular flexibility index (Phi) is 6.17. The third-order valence-electron chi connectivity index (χ3n) is 8.10. The largest absolute Gasteiger partial charge is 0.352 e. The van der Waals surface area contributed by atoms with Crippen molar-refractivity contribution in [1.29, 1.82) is 0 Å². The lowest BCUT2D eigenvalue weighted by molar-refractivity contribution is -0.134. The number of nitrogens with zero attached hydrogens (tertiary/aromatic N) is 2. The van der Waals surface area contributed by atoms with Gasteiger partial charge in [-0.3, -0.25) is 14.5 Å². The molecule has 4 fully saturated rings. The van der Waals surface area contributed by atoms with Gasteiger partial charge in [0.15, 0.2) is 0 Å². The molecule has 4 rings (SSSR count). The maximum atomic E-state index is 14.3. The lowest BCUT2D eigenvalue weighted by Gasteiger charge is -2.49. The van der Waals surface area contributed by atoms with Crippen LogP contribution in [-0.2, 0) is 9.59 Å². The van der Waals surface area contributed by atoms with Crippen LogP contribution < -0.4 is 10.6 Å². The van der Waals surface area contributed by atoms with Crippen LogP contribution in [0.5, 0.6) is 0 Å². The molecule has 2 aliphatic carbocycles. The van der Waals surface area contributed by atoms with Crippen molar-refractivity contribution in [2.75, 3.05) is 20.1 Å². The normalized spacial score (nSPS) is 40.8. The Morgan fingerprint density at radius 2 is 1.90 bits per heavy atom. The van der Waals surface area contributed by atoms with E-state index in [2.05, 4.69) is 22.5 Å². The zero-order valence-corrected chi connectivity index (χ0v) is 18.1. The zero-order chi connectivity index (χ0) is 20.7. The number of hydrogen-bond donors (Lipinski definition) is 2. The first-order chi connectivity index (χ1) is 13.8. The summed E-state index contributed by atoms with van der Waals surface area (Å²) in [6, 6.07) is 0.907. The van der Waals surface area contributed by atoms with Crippen LogP contribution in [0.15, 0.2) is 0 Å². The zero-order valence-electron chi connectivity index (χ0n) is 18.1. The fourth-order valence-corrected chi connectivity index (χ4v) is 6.02. The van der Waals surface area contributed by atoms with Gasteiger partial charge in [0.05, 0.1) is 12.1 Å². The summed E-state index contributed by atoms with van der Waals surface area (Å²) < 4.78 is 14.3. The summed E-state index contributed by atoms with van der Waals surface area (Å²) >= 11 is 0. The van der Waals surface area contributed by atoms with Gasteiger partial charge in [0.1, 0.15) is 6.17 Å². The minimum Gasteiger partial charge on any atom is -0.352 e. The van der Waals surface area contributed by atoms with E-state index in [1.165, 1.54) is 0 Å². The van der Waals surface area contributed by atoms with Crippen LogP contribution in [0.2, 0.25) is 0 Å². The number of carbonyl (C=O) groups excluding carboxylic acids is 2. The predicted molar refractivity (Wildman–Crippen MR) is 110 cm³/mol. The molecule has 0 aromatic heterocycles. The van der Waals surface area contributed by atoms with Gasteiger partial charge in [-0.1, -0.05) is 6.92 Å². The number of halogens is 1. The SMILES string of the molecule is CC(=O)N(C)C1CN([C@H]2CCC[C@@H](NC(=O)C3CC4C(F)CCC(C)C4N3)C2)C1. The number of likely N-dealkylation sites (N-methyl/N-ethyl adjacent to an activating group) is 1. The molecule has 4 aliphatic rings. The van der Waals surface area contributed by atoms with Crippen molar-refractivity contribution in [3.63, 3.8) is 0 Å². The molecule has 164 valence electrons. The van der Waals surface area contributed by atoms with E-state index in [1.54, 1.807) is 6.92 Å². The van der Waals surface area contributed by atoms with E-state index in [9.17, 15) is 14.0 Å². The Labute approximate surface area is 173 Å². The number of carbonyl (C=O) groups is 2. The van der Waals surface area contributed by atoms with Crippen molar-refractivity contribution in [3.05, 3.63) is 0 Å². The van der Waals surface area contributed by atoms with Crippen LogP contribution in [0.3, 0.4) is 0 Å². The molecule has 6 nitrogen and oxygen atoms in total. The second-order valence-corrected chi connectivity index (χ2v) is 9.98. The van der Waals surface area contributed by atoms with E-state index in [-0.39, 0.29) is 35.9 Å². The van der Waals surface area contributed by atoms with Crippen molar-refractivity contribution in [2.24, 2.45) is 11.8 Å². The highest BCUT2D eigenvalue weighted by atomic mass is 19.1. The van der Waals surface area contributed by atoms with Crippen LogP contribution in [0.25, 0.3) is 0 Å². The van der Waals surface area contributed by atoms with E-state index in [0.29, 0.717) is 30.8 Å². The van der Waals surface area contributed by atoms with Crippen molar-refractivity contribution >= 4 is 11.8 Å². The van der Waals surface area contributed by atoms with Gasteiger partial charge >= 0.3 is 0 Å². The number of alkyl halides is 1. The molecule has 7 atom stereocenters. The first-order valence-corrected chi connectivity index (χ1v) is 11.5. The molecule has 2 saturated carbocycles. The monoisotopic (exact) mass is 408 g/mol. The molecule has 2 heterocycles. The third kappa shape index (κ3) is 4.31. The minimum atomic E-state index is -0.770. The smallest absolute Gasteiger partial charge is 0.237 e.